The topological polar surface area (TPSA) is 80.5 Å². The molecule has 1 aliphatic heterocycles. The van der Waals surface area contributed by atoms with E-state index >= 15 is 0 Å². The molecule has 1 atom stereocenters. The average molecular weight is 374 g/mol. The number of hydrogen-bond donors (Lipinski definition) is 0. The quantitative estimate of drug-likeness (QED) is 0.597. The van der Waals surface area contributed by atoms with Gasteiger partial charge in [0.25, 0.3) is 5.69 Å². The number of allylic oxidation sites excluding steroid dienone is 3. The van der Waals surface area contributed by atoms with Crippen LogP contribution in [0.5, 0.6) is 0 Å². The molecule has 1 heterocycles. The molecule has 4 rings (SSSR count). The Bertz CT molecular complexity index is 1130. The molecular formula is C22H18N2O4. The van der Waals surface area contributed by atoms with E-state index in [0.717, 1.165) is 17.0 Å². The summed E-state index contributed by atoms with van der Waals surface area (Å²) < 4.78 is 0. The lowest BCUT2D eigenvalue weighted by Gasteiger charge is -2.35. The number of rotatable bonds is 3. The predicted octanol–water partition coefficient (Wildman–Crippen LogP) is 4.09. The van der Waals surface area contributed by atoms with E-state index in [9.17, 15) is 19.7 Å². The first-order valence-electron chi connectivity index (χ1n) is 8.91. The minimum atomic E-state index is -0.636. The minimum Gasteiger partial charge on any atom is -0.347 e. The molecule has 140 valence electrons. The van der Waals surface area contributed by atoms with Crippen LogP contribution in [-0.2, 0) is 4.79 Å². The van der Waals surface area contributed by atoms with Gasteiger partial charge in [0.05, 0.1) is 10.6 Å². The van der Waals surface area contributed by atoms with Crippen molar-refractivity contribution >= 4 is 23.0 Å². The summed E-state index contributed by atoms with van der Waals surface area (Å²) in [5.74, 6) is -0.931. The largest absolute Gasteiger partial charge is 0.347 e. The van der Waals surface area contributed by atoms with Crippen molar-refractivity contribution in [2.24, 2.45) is 0 Å². The first-order chi connectivity index (χ1) is 13.3. The van der Waals surface area contributed by atoms with Crippen molar-refractivity contribution in [3.05, 3.63) is 92.2 Å². The van der Waals surface area contributed by atoms with Gasteiger partial charge in [0.1, 0.15) is 0 Å². The summed E-state index contributed by atoms with van der Waals surface area (Å²) in [6.07, 6.45) is 0. The van der Waals surface area contributed by atoms with E-state index in [1.165, 1.54) is 19.1 Å². The number of hydrogen-bond acceptors (Lipinski definition) is 5. The van der Waals surface area contributed by atoms with E-state index < -0.39 is 10.8 Å². The highest BCUT2D eigenvalue weighted by Gasteiger charge is 2.43. The van der Waals surface area contributed by atoms with Crippen LogP contribution in [0.2, 0.25) is 0 Å². The van der Waals surface area contributed by atoms with Crippen LogP contribution in [0.25, 0.3) is 5.70 Å². The summed E-state index contributed by atoms with van der Waals surface area (Å²) in [5.41, 5.74) is 4.41. The van der Waals surface area contributed by atoms with Crippen LogP contribution in [-0.4, -0.2) is 28.4 Å². The number of carbonyl (C=O) groups excluding carboxylic acids is 2. The van der Waals surface area contributed by atoms with Gasteiger partial charge >= 0.3 is 0 Å². The van der Waals surface area contributed by atoms with Gasteiger partial charge in [-0.15, -0.1) is 0 Å². The minimum absolute atomic E-state index is 0.0675. The lowest BCUT2D eigenvalue weighted by Crippen LogP contribution is -2.29. The van der Waals surface area contributed by atoms with Gasteiger partial charge in [-0.2, -0.15) is 0 Å². The highest BCUT2D eigenvalue weighted by Crippen LogP contribution is 2.50. The molecule has 0 N–H and O–H groups in total. The van der Waals surface area contributed by atoms with E-state index in [2.05, 4.69) is 0 Å². The maximum Gasteiger partial charge on any atom is 0.269 e. The normalized spacial score (nSPS) is 18.3. The second kappa shape index (κ2) is 6.27. The number of nitro benzene ring substituents is 1. The van der Waals surface area contributed by atoms with Gasteiger partial charge in [0.2, 0.25) is 0 Å². The Morgan fingerprint density at radius 2 is 1.79 bits per heavy atom. The molecule has 0 fully saturated rings. The Kier molecular flexibility index (Phi) is 4.00. The maximum atomic E-state index is 13.3. The molecule has 2 aromatic carbocycles. The second-order valence-corrected chi connectivity index (χ2v) is 7.04. The van der Waals surface area contributed by atoms with E-state index in [1.807, 2.05) is 37.1 Å². The molecule has 0 radical (unpaired) electrons. The number of non-ortho nitro benzene ring substituents is 1. The summed E-state index contributed by atoms with van der Waals surface area (Å²) in [7, 11) is 1.84. The Labute approximate surface area is 161 Å². The van der Waals surface area contributed by atoms with Gasteiger partial charge in [-0.05, 0) is 19.4 Å². The molecule has 28 heavy (non-hydrogen) atoms. The first kappa shape index (κ1) is 17.9. The molecule has 1 unspecified atom stereocenters. The predicted molar refractivity (Wildman–Crippen MR) is 105 cm³/mol. The van der Waals surface area contributed by atoms with Crippen LogP contribution in [0.3, 0.4) is 0 Å². The van der Waals surface area contributed by atoms with Gasteiger partial charge in [0.15, 0.2) is 11.6 Å². The summed E-state index contributed by atoms with van der Waals surface area (Å²) in [6.45, 7) is 3.31. The summed E-state index contributed by atoms with van der Waals surface area (Å²) in [4.78, 5) is 38.6. The SMILES string of the molecule is CC(=O)C1=C(C)N(C)C2=C(C(=O)c3ccccc32)C1c1cccc([N+](=O)[O-])c1. The summed E-state index contributed by atoms with van der Waals surface area (Å²) in [5, 5.41) is 11.3. The number of benzene rings is 2. The van der Waals surface area contributed by atoms with Crippen molar-refractivity contribution in [3.63, 3.8) is 0 Å². The average Bonchev–Trinajstić information content (AvgIpc) is 2.97. The molecule has 0 saturated carbocycles. The van der Waals surface area contributed by atoms with E-state index in [-0.39, 0.29) is 17.3 Å². The molecule has 6 heteroatoms. The second-order valence-electron chi connectivity index (χ2n) is 7.04. The molecular weight excluding hydrogens is 356 g/mol. The fraction of sp³-hybridized carbons (Fsp3) is 0.182. The Morgan fingerprint density at radius 3 is 2.43 bits per heavy atom. The zero-order valence-electron chi connectivity index (χ0n) is 15.7. The molecule has 6 nitrogen and oxygen atoms in total. The Morgan fingerprint density at radius 1 is 1.11 bits per heavy atom. The summed E-state index contributed by atoms with van der Waals surface area (Å²) in [6, 6.07) is 13.5. The molecule has 0 bridgehead atoms. The van der Waals surface area contributed by atoms with Gasteiger partial charge in [0, 0.05) is 53.1 Å². The number of Topliss-reactive ketones (excluding diaryl/α,β-unsaturated/α-hetero) is 2. The number of carbonyl (C=O) groups is 2. The summed E-state index contributed by atoms with van der Waals surface area (Å²) >= 11 is 0. The van der Waals surface area contributed by atoms with Crippen molar-refractivity contribution in [1.29, 1.82) is 0 Å². The zero-order chi connectivity index (χ0) is 20.2. The lowest BCUT2D eigenvalue weighted by atomic mass is 9.78. The van der Waals surface area contributed by atoms with Crippen LogP contribution in [0.4, 0.5) is 5.69 Å². The zero-order valence-corrected chi connectivity index (χ0v) is 15.7. The van der Waals surface area contributed by atoms with Crippen molar-refractivity contribution in [3.8, 4) is 0 Å². The maximum absolute atomic E-state index is 13.3. The fourth-order valence-corrected chi connectivity index (χ4v) is 4.23. The highest BCUT2D eigenvalue weighted by atomic mass is 16.6. The van der Waals surface area contributed by atoms with Crippen LogP contribution < -0.4 is 0 Å². The Hall–Kier alpha value is -3.54. The van der Waals surface area contributed by atoms with Crippen molar-refractivity contribution in [1.82, 2.24) is 4.90 Å². The van der Waals surface area contributed by atoms with Gasteiger partial charge in [-0.1, -0.05) is 36.4 Å². The van der Waals surface area contributed by atoms with Crippen LogP contribution in [0, 0.1) is 10.1 Å². The van der Waals surface area contributed by atoms with Gasteiger partial charge in [-0.25, -0.2) is 0 Å². The first-order valence-corrected chi connectivity index (χ1v) is 8.91. The third-order valence-corrected chi connectivity index (χ3v) is 5.53. The number of nitro groups is 1. The third kappa shape index (κ3) is 2.41. The van der Waals surface area contributed by atoms with Gasteiger partial charge in [-0.3, -0.25) is 19.7 Å². The molecule has 1 aliphatic carbocycles. The van der Waals surface area contributed by atoms with Gasteiger partial charge < -0.3 is 4.90 Å². The molecule has 2 aromatic rings. The number of ketones is 2. The smallest absolute Gasteiger partial charge is 0.269 e. The van der Waals surface area contributed by atoms with Crippen molar-refractivity contribution in [2.75, 3.05) is 7.05 Å². The van der Waals surface area contributed by atoms with E-state index in [0.29, 0.717) is 22.3 Å². The molecule has 0 spiro atoms. The highest BCUT2D eigenvalue weighted by molar-refractivity contribution is 6.23. The monoisotopic (exact) mass is 374 g/mol. The number of fused-ring (bicyclic) bond motifs is 2. The Balaban J connectivity index is 2.01. The third-order valence-electron chi connectivity index (χ3n) is 5.53. The van der Waals surface area contributed by atoms with Crippen LogP contribution in [0.15, 0.2) is 65.4 Å². The molecule has 0 saturated heterocycles. The van der Waals surface area contributed by atoms with Crippen molar-refractivity contribution in [2.45, 2.75) is 19.8 Å². The van der Waals surface area contributed by atoms with Crippen LogP contribution in [0.1, 0.15) is 41.3 Å². The number of nitrogens with zero attached hydrogens (tertiary/aromatic N) is 2. The fourth-order valence-electron chi connectivity index (χ4n) is 4.23. The lowest BCUT2D eigenvalue weighted by molar-refractivity contribution is -0.384. The molecule has 0 aromatic heterocycles. The molecule has 0 amide bonds. The van der Waals surface area contributed by atoms with Crippen LogP contribution >= 0.6 is 0 Å². The van der Waals surface area contributed by atoms with E-state index in [4.69, 9.17) is 0 Å². The molecule has 2 aliphatic rings. The standard InChI is InChI=1S/C22H18N2O4/c1-12-18(13(2)25)19(14-7-6-8-15(11-14)24(27)28)20-21(23(12)3)16-9-4-5-10-17(16)22(20)26/h4-11,19H,1-3H3. The van der Waals surface area contributed by atoms with Crippen molar-refractivity contribution < 1.29 is 14.5 Å². The van der Waals surface area contributed by atoms with E-state index in [1.54, 1.807) is 18.2 Å².